The molecule has 57 heavy (non-hydrogen) atoms. The molecule has 0 aliphatic heterocycles. The third kappa shape index (κ3) is 11.9. The van der Waals surface area contributed by atoms with Crippen molar-refractivity contribution in [1.82, 2.24) is 29.3 Å². The number of H-pyrrole nitrogens is 2. The number of hydrogen-bond acceptors (Lipinski definition) is 7. The summed E-state index contributed by atoms with van der Waals surface area (Å²) in [6.45, 7) is 4.30. The molecule has 7 rings (SSSR count). The number of hydrogen-bond donors (Lipinski definition) is 3. The SMILES string of the molecule is Cc1cc(=O)[nH]n(Cc2ccccc2)c1=O.Cc1cc(=O)n(Cc2ccccc2)[nH]c1=O.O=C(O)Cc1cc(-c2ccc(Cl)cc2)nn(Cc2ccccc2)c1=O. The first-order chi connectivity index (χ1) is 27.4. The molecular weight excluding hydrogens is 748 g/mol. The van der Waals surface area contributed by atoms with E-state index in [9.17, 15) is 28.8 Å². The minimum absolute atomic E-state index is 0.163. The standard InChI is InChI=1S/C19H15ClN2O3.2C12H12N2O2/c20-16-8-6-14(7-9-16)17-10-15(11-18(23)24)19(25)22(21-17)12-13-4-2-1-3-5-13;1-9-7-11(15)14(13-12(9)16)8-10-5-3-2-4-6-10;1-9-7-11(15)13-14(12(9)16)8-10-5-3-2-4-6-10/h1-10H,11-12H2,(H,23,24);2-7H,8H2,1H3,(H,13,16);2-7H,8H2,1H3,(H,13,15). The quantitative estimate of drug-likeness (QED) is 0.182. The number of carboxylic acid groups (broad SMARTS) is 1. The molecule has 0 atom stereocenters. The van der Waals surface area contributed by atoms with Crippen molar-refractivity contribution in [2.75, 3.05) is 0 Å². The summed E-state index contributed by atoms with van der Waals surface area (Å²) < 4.78 is 3.94. The second-order valence-corrected chi connectivity index (χ2v) is 13.4. The first-order valence-electron chi connectivity index (χ1n) is 17.7. The lowest BCUT2D eigenvalue weighted by Gasteiger charge is -2.10. The molecule has 0 aliphatic rings. The summed E-state index contributed by atoms with van der Waals surface area (Å²) in [5.41, 5.74) is 4.01. The fraction of sp³-hybridized carbons (Fsp3) is 0.140. The van der Waals surface area contributed by atoms with Crippen molar-refractivity contribution in [1.29, 1.82) is 0 Å². The number of benzene rings is 4. The van der Waals surface area contributed by atoms with Crippen LogP contribution in [0.2, 0.25) is 5.02 Å². The number of carbonyl (C=O) groups is 1. The average Bonchev–Trinajstić information content (AvgIpc) is 3.19. The van der Waals surface area contributed by atoms with E-state index in [4.69, 9.17) is 16.7 Å². The third-order valence-corrected chi connectivity index (χ3v) is 8.70. The van der Waals surface area contributed by atoms with Crippen molar-refractivity contribution in [3.05, 3.63) is 224 Å². The van der Waals surface area contributed by atoms with Crippen LogP contribution in [-0.4, -0.2) is 40.4 Å². The Morgan fingerprint density at radius 3 is 1.70 bits per heavy atom. The Bertz CT molecular complexity index is 2740. The van der Waals surface area contributed by atoms with Gasteiger partial charge < -0.3 is 5.11 Å². The largest absolute Gasteiger partial charge is 0.481 e. The summed E-state index contributed by atoms with van der Waals surface area (Å²) in [4.78, 5) is 69.6. The van der Waals surface area contributed by atoms with Gasteiger partial charge in [-0.25, -0.2) is 14.0 Å². The van der Waals surface area contributed by atoms with Crippen LogP contribution in [0.1, 0.15) is 33.4 Å². The maximum Gasteiger partial charge on any atom is 0.308 e. The van der Waals surface area contributed by atoms with Gasteiger partial charge >= 0.3 is 5.97 Å². The molecule has 3 heterocycles. The van der Waals surface area contributed by atoms with Gasteiger partial charge in [0.25, 0.3) is 27.8 Å². The lowest BCUT2D eigenvalue weighted by atomic mass is 10.1. The molecule has 0 spiro atoms. The molecule has 4 aromatic carbocycles. The minimum Gasteiger partial charge on any atom is -0.481 e. The van der Waals surface area contributed by atoms with Crippen LogP contribution in [0.15, 0.2) is 157 Å². The molecule has 3 aromatic heterocycles. The van der Waals surface area contributed by atoms with Gasteiger partial charge in [0.2, 0.25) is 0 Å². The Balaban J connectivity index is 0.000000170. The van der Waals surface area contributed by atoms with Crippen LogP contribution in [0, 0.1) is 13.8 Å². The molecule has 14 heteroatoms. The topological polar surface area (TPSA) is 182 Å². The smallest absolute Gasteiger partial charge is 0.308 e. The number of halogens is 1. The van der Waals surface area contributed by atoms with E-state index in [2.05, 4.69) is 15.3 Å². The van der Waals surface area contributed by atoms with Gasteiger partial charge in [-0.1, -0.05) is 115 Å². The Kier molecular flexibility index (Phi) is 14.0. The van der Waals surface area contributed by atoms with Gasteiger partial charge in [-0.15, -0.1) is 0 Å². The fourth-order valence-electron chi connectivity index (χ4n) is 5.55. The van der Waals surface area contributed by atoms with E-state index >= 15 is 0 Å². The van der Waals surface area contributed by atoms with Crippen LogP contribution in [0.3, 0.4) is 0 Å². The van der Waals surface area contributed by atoms with E-state index in [0.717, 1.165) is 22.3 Å². The summed E-state index contributed by atoms with van der Waals surface area (Å²) in [6.07, 6.45) is -0.350. The number of rotatable bonds is 9. The molecule has 0 radical (unpaired) electrons. The highest BCUT2D eigenvalue weighted by Crippen LogP contribution is 2.20. The molecule has 3 N–H and O–H groups in total. The zero-order chi connectivity index (χ0) is 40.9. The lowest BCUT2D eigenvalue weighted by molar-refractivity contribution is -0.136. The summed E-state index contributed by atoms with van der Waals surface area (Å²) in [5.74, 6) is -1.06. The predicted octanol–water partition coefficient (Wildman–Crippen LogP) is 5.03. The molecule has 0 bridgehead atoms. The number of aliphatic carboxylic acids is 1. The van der Waals surface area contributed by atoms with E-state index in [-0.39, 0.29) is 40.8 Å². The number of aromatic amines is 2. The zero-order valence-corrected chi connectivity index (χ0v) is 31.8. The highest BCUT2D eigenvalue weighted by atomic mass is 35.5. The van der Waals surface area contributed by atoms with Crippen LogP contribution in [0.25, 0.3) is 11.3 Å². The first-order valence-corrected chi connectivity index (χ1v) is 18.1. The molecule has 0 fully saturated rings. The van der Waals surface area contributed by atoms with Gasteiger partial charge in [0.1, 0.15) is 0 Å². The van der Waals surface area contributed by atoms with Crippen molar-refractivity contribution in [2.24, 2.45) is 0 Å². The Morgan fingerprint density at radius 1 is 0.632 bits per heavy atom. The minimum atomic E-state index is -1.06. The van der Waals surface area contributed by atoms with Crippen LogP contribution < -0.4 is 27.8 Å². The maximum atomic E-state index is 12.6. The molecule has 290 valence electrons. The van der Waals surface area contributed by atoms with Crippen molar-refractivity contribution in [2.45, 2.75) is 39.9 Å². The van der Waals surface area contributed by atoms with E-state index in [0.29, 0.717) is 34.9 Å². The molecule has 0 unspecified atom stereocenters. The van der Waals surface area contributed by atoms with Crippen molar-refractivity contribution in [3.8, 4) is 11.3 Å². The molecule has 0 aliphatic carbocycles. The fourth-order valence-corrected chi connectivity index (χ4v) is 5.68. The number of carboxylic acids is 1. The van der Waals surface area contributed by atoms with Gasteiger partial charge in [0.15, 0.2) is 0 Å². The summed E-state index contributed by atoms with van der Waals surface area (Å²) in [6, 6.07) is 39.7. The summed E-state index contributed by atoms with van der Waals surface area (Å²) in [7, 11) is 0. The van der Waals surface area contributed by atoms with Gasteiger partial charge in [0, 0.05) is 39.4 Å². The second-order valence-electron chi connectivity index (χ2n) is 12.9. The average molecular weight is 787 g/mol. The van der Waals surface area contributed by atoms with Crippen LogP contribution >= 0.6 is 11.6 Å². The normalized spacial score (nSPS) is 10.4. The zero-order valence-electron chi connectivity index (χ0n) is 31.1. The van der Waals surface area contributed by atoms with E-state index in [1.807, 2.05) is 91.0 Å². The van der Waals surface area contributed by atoms with Crippen molar-refractivity contribution >= 4 is 17.6 Å². The van der Waals surface area contributed by atoms with Crippen molar-refractivity contribution in [3.63, 3.8) is 0 Å². The number of nitrogens with zero attached hydrogens (tertiary/aromatic N) is 4. The number of aromatic nitrogens is 6. The molecule has 7 aromatic rings. The van der Waals surface area contributed by atoms with Gasteiger partial charge in [-0.3, -0.25) is 39.0 Å². The van der Waals surface area contributed by atoms with E-state index in [1.165, 1.54) is 32.2 Å². The summed E-state index contributed by atoms with van der Waals surface area (Å²) in [5, 5.41) is 19.1. The van der Waals surface area contributed by atoms with Gasteiger partial charge in [-0.05, 0) is 48.7 Å². The monoisotopic (exact) mass is 786 g/mol. The molecular formula is C43H39ClN6O7. The molecule has 0 saturated heterocycles. The van der Waals surface area contributed by atoms with Crippen LogP contribution in [0.5, 0.6) is 0 Å². The van der Waals surface area contributed by atoms with E-state index in [1.54, 1.807) is 38.1 Å². The Hall–Kier alpha value is -7.12. The van der Waals surface area contributed by atoms with Gasteiger partial charge in [0.05, 0.1) is 31.7 Å². The van der Waals surface area contributed by atoms with Crippen LogP contribution in [-0.2, 0) is 30.8 Å². The second kappa shape index (κ2) is 19.5. The van der Waals surface area contributed by atoms with Gasteiger partial charge in [-0.2, -0.15) is 5.10 Å². The molecule has 13 nitrogen and oxygen atoms in total. The lowest BCUT2D eigenvalue weighted by Crippen LogP contribution is -2.31. The Morgan fingerprint density at radius 2 is 1.16 bits per heavy atom. The first kappa shape index (κ1) is 41.1. The maximum absolute atomic E-state index is 12.6. The highest BCUT2D eigenvalue weighted by molar-refractivity contribution is 6.30. The third-order valence-electron chi connectivity index (χ3n) is 8.45. The highest BCUT2D eigenvalue weighted by Gasteiger charge is 2.13. The molecule has 0 saturated carbocycles. The summed E-state index contributed by atoms with van der Waals surface area (Å²) >= 11 is 5.91. The number of nitrogens with one attached hydrogen (secondary N) is 2. The van der Waals surface area contributed by atoms with Crippen molar-refractivity contribution < 1.29 is 9.90 Å². The van der Waals surface area contributed by atoms with E-state index < -0.39 is 11.5 Å². The predicted molar refractivity (Wildman–Crippen MR) is 219 cm³/mol. The number of aryl methyl sites for hydroxylation is 2. The molecule has 0 amide bonds. The Labute approximate surface area is 330 Å². The van der Waals surface area contributed by atoms with Crippen LogP contribution in [0.4, 0.5) is 0 Å².